The van der Waals surface area contributed by atoms with Crippen LogP contribution in [0.15, 0.2) is 58.5 Å². The summed E-state index contributed by atoms with van der Waals surface area (Å²) in [6, 6.07) is 12.6. The molecule has 1 fully saturated rings. The van der Waals surface area contributed by atoms with E-state index in [0.29, 0.717) is 29.7 Å². The van der Waals surface area contributed by atoms with Gasteiger partial charge in [0.25, 0.3) is 5.91 Å². The number of sulfone groups is 1. The highest BCUT2D eigenvalue weighted by atomic mass is 35.5. The number of benzene rings is 2. The minimum Gasteiger partial charge on any atom is -0.338 e. The summed E-state index contributed by atoms with van der Waals surface area (Å²) in [5.74, 6) is -0.115. The zero-order valence-electron chi connectivity index (χ0n) is 17.1. The Balaban J connectivity index is 1.88. The predicted molar refractivity (Wildman–Crippen MR) is 120 cm³/mol. The topological polar surface area (TPSA) is 57.7 Å². The first-order chi connectivity index (χ1) is 14.3. The molecule has 4 rings (SSSR count). The summed E-state index contributed by atoms with van der Waals surface area (Å²) >= 11 is 6.21. The number of halogens is 1. The summed E-state index contributed by atoms with van der Waals surface area (Å²) in [4.78, 5) is 16.6. The number of rotatable bonds is 3. The number of hydrogen-bond acceptors (Lipinski definition) is 4. The van der Waals surface area contributed by atoms with Gasteiger partial charge in [0, 0.05) is 30.0 Å². The molecule has 0 aromatic heterocycles. The Hall–Kier alpha value is -2.31. The lowest BCUT2D eigenvalue weighted by Gasteiger charge is -2.32. The van der Waals surface area contributed by atoms with Gasteiger partial charge in [-0.2, -0.15) is 0 Å². The van der Waals surface area contributed by atoms with Crippen molar-refractivity contribution >= 4 is 38.7 Å². The van der Waals surface area contributed by atoms with Crippen LogP contribution in [-0.2, 0) is 14.6 Å². The Morgan fingerprint density at radius 1 is 1.03 bits per heavy atom. The molecule has 2 aromatic carbocycles. The molecule has 2 aliphatic heterocycles. The van der Waals surface area contributed by atoms with Gasteiger partial charge in [-0.3, -0.25) is 4.79 Å². The summed E-state index contributed by atoms with van der Waals surface area (Å²) in [6.45, 7) is 5.38. The van der Waals surface area contributed by atoms with E-state index in [1.165, 1.54) is 12.3 Å². The van der Waals surface area contributed by atoms with Crippen LogP contribution >= 0.6 is 11.6 Å². The van der Waals surface area contributed by atoms with Crippen molar-refractivity contribution in [3.63, 3.8) is 0 Å². The first-order valence-electron chi connectivity index (χ1n) is 10.2. The van der Waals surface area contributed by atoms with Crippen molar-refractivity contribution in [2.45, 2.75) is 43.9 Å². The van der Waals surface area contributed by atoms with Crippen molar-refractivity contribution < 1.29 is 13.2 Å². The van der Waals surface area contributed by atoms with Crippen LogP contribution in [-0.4, -0.2) is 32.3 Å². The highest BCUT2D eigenvalue weighted by molar-refractivity contribution is 7.96. The van der Waals surface area contributed by atoms with Crippen molar-refractivity contribution in [2.24, 2.45) is 0 Å². The Morgan fingerprint density at radius 2 is 1.77 bits per heavy atom. The van der Waals surface area contributed by atoms with Crippen LogP contribution in [0.4, 0.5) is 11.4 Å². The van der Waals surface area contributed by atoms with E-state index < -0.39 is 15.7 Å². The third kappa shape index (κ3) is 3.74. The number of carbonyl (C=O) groups excluding carboxylic acids is 1. The zero-order valence-corrected chi connectivity index (χ0v) is 18.7. The number of likely N-dealkylation sites (tertiary alicyclic amines) is 1. The van der Waals surface area contributed by atoms with Crippen molar-refractivity contribution in [3.05, 3.63) is 64.2 Å². The molecule has 0 unspecified atom stereocenters. The lowest BCUT2D eigenvalue weighted by molar-refractivity contribution is -0.127. The van der Waals surface area contributed by atoms with Crippen LogP contribution in [0.3, 0.4) is 0 Å². The maximum atomic E-state index is 13.4. The van der Waals surface area contributed by atoms with E-state index in [9.17, 15) is 13.2 Å². The first kappa shape index (κ1) is 20.9. The summed E-state index contributed by atoms with van der Waals surface area (Å²) in [6.07, 6.45) is 4.31. The summed E-state index contributed by atoms with van der Waals surface area (Å²) in [7, 11) is -3.95. The number of carbonyl (C=O) groups is 1. The van der Waals surface area contributed by atoms with Gasteiger partial charge in [-0.15, -0.1) is 0 Å². The van der Waals surface area contributed by atoms with Crippen LogP contribution in [0, 0.1) is 0 Å². The van der Waals surface area contributed by atoms with E-state index >= 15 is 0 Å². The number of nitrogens with zero attached hydrogens (tertiary/aromatic N) is 2. The molecule has 2 aliphatic rings. The van der Waals surface area contributed by atoms with Crippen LogP contribution in [0.2, 0.25) is 5.02 Å². The molecule has 0 spiro atoms. The third-order valence-electron chi connectivity index (χ3n) is 5.68. The number of piperidine rings is 1. The molecule has 2 heterocycles. The van der Waals surface area contributed by atoms with Gasteiger partial charge < -0.3 is 9.80 Å². The largest absolute Gasteiger partial charge is 0.338 e. The lowest BCUT2D eigenvalue weighted by Crippen LogP contribution is -2.39. The quantitative estimate of drug-likeness (QED) is 0.649. The standard InChI is InChI=1S/C23H25ClN2O3S/c1-16(2)17-7-6-8-19(13-17)26-15-22(23(27)25-11-4-3-5-12-25)30(28,29)21-10-9-18(24)14-20(21)26/h6-10,13-16H,3-5,11-12H2,1-2H3. The second-order valence-electron chi connectivity index (χ2n) is 8.08. The van der Waals surface area contributed by atoms with Crippen molar-refractivity contribution in [3.8, 4) is 0 Å². The van der Waals surface area contributed by atoms with Gasteiger partial charge >= 0.3 is 0 Å². The van der Waals surface area contributed by atoms with Gasteiger partial charge in [-0.25, -0.2) is 8.42 Å². The van der Waals surface area contributed by atoms with Crippen LogP contribution < -0.4 is 4.90 Å². The Bertz CT molecular complexity index is 1120. The van der Waals surface area contributed by atoms with E-state index in [1.807, 2.05) is 24.3 Å². The summed E-state index contributed by atoms with van der Waals surface area (Å²) in [5, 5.41) is 0.438. The van der Waals surface area contributed by atoms with Crippen molar-refractivity contribution in [2.75, 3.05) is 18.0 Å². The molecule has 0 radical (unpaired) electrons. The van der Waals surface area contributed by atoms with E-state index in [1.54, 1.807) is 21.9 Å². The number of fused-ring (bicyclic) bond motifs is 1. The average molecular weight is 445 g/mol. The smallest absolute Gasteiger partial charge is 0.267 e. The van der Waals surface area contributed by atoms with E-state index in [4.69, 9.17) is 11.6 Å². The van der Waals surface area contributed by atoms with Gasteiger partial charge in [-0.1, -0.05) is 37.6 Å². The Kier molecular flexibility index (Phi) is 5.64. The van der Waals surface area contributed by atoms with Crippen LogP contribution in [0.25, 0.3) is 0 Å². The maximum Gasteiger partial charge on any atom is 0.267 e. The highest BCUT2D eigenvalue weighted by Crippen LogP contribution is 2.42. The monoisotopic (exact) mass is 444 g/mol. The highest BCUT2D eigenvalue weighted by Gasteiger charge is 2.38. The average Bonchev–Trinajstić information content (AvgIpc) is 2.74. The molecule has 1 amide bonds. The minimum absolute atomic E-state index is 0.102. The molecule has 0 aliphatic carbocycles. The molecular formula is C23H25ClN2O3S. The normalized spacial score (nSPS) is 18.2. The molecule has 0 N–H and O–H groups in total. The molecule has 2 aromatic rings. The van der Waals surface area contributed by atoms with Crippen molar-refractivity contribution in [1.29, 1.82) is 0 Å². The molecule has 5 nitrogen and oxygen atoms in total. The minimum atomic E-state index is -3.95. The van der Waals surface area contributed by atoms with E-state index in [-0.39, 0.29) is 9.80 Å². The maximum absolute atomic E-state index is 13.4. The van der Waals surface area contributed by atoms with Crippen molar-refractivity contribution in [1.82, 2.24) is 4.90 Å². The molecule has 7 heteroatoms. The van der Waals surface area contributed by atoms with Gasteiger partial charge in [0.15, 0.2) is 4.91 Å². The lowest BCUT2D eigenvalue weighted by atomic mass is 10.0. The Morgan fingerprint density at radius 3 is 2.47 bits per heavy atom. The first-order valence-corrected chi connectivity index (χ1v) is 12.1. The fourth-order valence-electron chi connectivity index (χ4n) is 3.95. The second-order valence-corrected chi connectivity index (χ2v) is 10.4. The fraction of sp³-hybridized carbons (Fsp3) is 0.348. The van der Waals surface area contributed by atoms with Gasteiger partial charge in [0.1, 0.15) is 0 Å². The molecule has 30 heavy (non-hydrogen) atoms. The molecule has 158 valence electrons. The molecule has 1 saturated heterocycles. The molecular weight excluding hydrogens is 420 g/mol. The molecule has 0 bridgehead atoms. The molecule has 0 atom stereocenters. The number of anilines is 2. The van der Waals surface area contributed by atoms with Crippen LogP contribution in [0.1, 0.15) is 44.6 Å². The van der Waals surface area contributed by atoms with Gasteiger partial charge in [0.2, 0.25) is 9.84 Å². The van der Waals surface area contributed by atoms with E-state index in [0.717, 1.165) is 30.5 Å². The predicted octanol–water partition coefficient (Wildman–Crippen LogP) is 5.24. The zero-order chi connectivity index (χ0) is 21.5. The van der Waals surface area contributed by atoms with Gasteiger partial charge in [0.05, 0.1) is 10.6 Å². The second kappa shape index (κ2) is 8.08. The third-order valence-corrected chi connectivity index (χ3v) is 7.69. The van der Waals surface area contributed by atoms with E-state index in [2.05, 4.69) is 13.8 Å². The molecule has 0 saturated carbocycles. The Labute approximate surface area is 182 Å². The fourth-order valence-corrected chi connectivity index (χ4v) is 5.64. The van der Waals surface area contributed by atoms with Gasteiger partial charge in [-0.05, 0) is 61.1 Å². The van der Waals surface area contributed by atoms with Crippen LogP contribution in [0.5, 0.6) is 0 Å². The number of hydrogen-bond donors (Lipinski definition) is 0. The summed E-state index contributed by atoms with van der Waals surface area (Å²) in [5.41, 5.74) is 2.38. The number of amides is 1. The SMILES string of the molecule is CC(C)c1cccc(N2C=C(C(=O)N3CCCCC3)S(=O)(=O)c3ccc(Cl)cc32)c1. The summed E-state index contributed by atoms with van der Waals surface area (Å²) < 4.78 is 26.7.